The molecule has 2 N–H and O–H groups in total. The van der Waals surface area contributed by atoms with Gasteiger partial charge in [-0.1, -0.05) is 12.2 Å². The molecule has 1 aromatic rings. The van der Waals surface area contributed by atoms with Gasteiger partial charge in [0.25, 0.3) is 5.91 Å². The molecular weight excluding hydrogens is 252 g/mol. The lowest BCUT2D eigenvalue weighted by Crippen LogP contribution is -2.27. The summed E-state index contributed by atoms with van der Waals surface area (Å²) >= 11 is 4.90. The molecule has 18 heavy (non-hydrogen) atoms. The number of likely N-dealkylation sites (N-methyl/N-ethyl adjacent to an activating group) is 1. The van der Waals surface area contributed by atoms with Gasteiger partial charge in [0.2, 0.25) is 0 Å². The lowest BCUT2D eigenvalue weighted by atomic mass is 10.2. The fraction of sp³-hybridized carbons (Fsp3) is 0.333. The molecule has 1 aromatic carbocycles. The first kappa shape index (κ1) is 14.2. The van der Waals surface area contributed by atoms with Gasteiger partial charge in [-0.15, -0.1) is 0 Å². The number of carbonyl (C=O) groups excluding carboxylic acids is 1. The molecule has 0 bridgehead atoms. The number of nitrogens with zero attached hydrogens (tertiary/aromatic N) is 1. The summed E-state index contributed by atoms with van der Waals surface area (Å²) in [6.45, 7) is -0.0447. The van der Waals surface area contributed by atoms with E-state index in [1.165, 1.54) is 12.0 Å². The predicted octanol–water partition coefficient (Wildman–Crippen LogP) is 0.796. The highest BCUT2D eigenvalue weighted by Crippen LogP contribution is 2.22. The monoisotopic (exact) mass is 268 g/mol. The Balaban J connectivity index is 2.85. The van der Waals surface area contributed by atoms with Crippen LogP contribution in [0.3, 0.4) is 0 Å². The van der Waals surface area contributed by atoms with Crippen LogP contribution >= 0.6 is 12.2 Å². The first-order valence-electron chi connectivity index (χ1n) is 5.26. The first-order chi connectivity index (χ1) is 8.43. The van der Waals surface area contributed by atoms with Crippen LogP contribution in [-0.2, 0) is 4.79 Å². The van der Waals surface area contributed by atoms with E-state index in [0.29, 0.717) is 17.1 Å². The van der Waals surface area contributed by atoms with Crippen LogP contribution < -0.4 is 15.2 Å². The van der Waals surface area contributed by atoms with E-state index in [1.807, 2.05) is 0 Å². The average molecular weight is 268 g/mol. The van der Waals surface area contributed by atoms with Crippen molar-refractivity contribution in [2.75, 3.05) is 27.8 Å². The van der Waals surface area contributed by atoms with Gasteiger partial charge in [-0.05, 0) is 12.1 Å². The molecule has 5 nitrogen and oxygen atoms in total. The molecule has 0 aliphatic heterocycles. The van der Waals surface area contributed by atoms with Crippen LogP contribution in [0.5, 0.6) is 11.5 Å². The molecule has 0 spiro atoms. The summed E-state index contributed by atoms with van der Waals surface area (Å²) in [6.07, 6.45) is 0. The second-order valence-electron chi connectivity index (χ2n) is 3.84. The number of thiocarbonyl (C=S) groups is 1. The van der Waals surface area contributed by atoms with E-state index in [4.69, 9.17) is 27.4 Å². The molecule has 1 amide bonds. The number of hydrogen-bond acceptors (Lipinski definition) is 4. The highest BCUT2D eigenvalue weighted by atomic mass is 32.1. The first-order valence-corrected chi connectivity index (χ1v) is 5.66. The molecule has 1 rings (SSSR count). The molecule has 0 heterocycles. The number of amides is 1. The fourth-order valence-electron chi connectivity index (χ4n) is 1.19. The van der Waals surface area contributed by atoms with Crippen LogP contribution in [-0.4, -0.2) is 43.6 Å². The highest BCUT2D eigenvalue weighted by molar-refractivity contribution is 7.80. The number of hydrogen-bond donors (Lipinski definition) is 1. The Bertz CT molecular complexity index is 461. The van der Waals surface area contributed by atoms with Crippen LogP contribution in [0.1, 0.15) is 5.56 Å². The van der Waals surface area contributed by atoms with Crippen LogP contribution in [0.25, 0.3) is 0 Å². The van der Waals surface area contributed by atoms with Gasteiger partial charge in [0, 0.05) is 25.7 Å². The van der Waals surface area contributed by atoms with Crippen molar-refractivity contribution in [2.24, 2.45) is 5.73 Å². The van der Waals surface area contributed by atoms with Gasteiger partial charge in [0.05, 0.1) is 7.11 Å². The van der Waals surface area contributed by atoms with Crippen molar-refractivity contribution >= 4 is 23.1 Å². The van der Waals surface area contributed by atoms with Crippen molar-refractivity contribution in [3.05, 3.63) is 23.8 Å². The summed E-state index contributed by atoms with van der Waals surface area (Å²) in [5, 5.41) is 0. The second-order valence-corrected chi connectivity index (χ2v) is 4.28. The average Bonchev–Trinajstić information content (AvgIpc) is 2.35. The lowest BCUT2D eigenvalue weighted by molar-refractivity contribution is -0.130. The van der Waals surface area contributed by atoms with Crippen molar-refractivity contribution in [3.63, 3.8) is 0 Å². The molecule has 0 aromatic heterocycles. The van der Waals surface area contributed by atoms with E-state index in [0.717, 1.165) is 0 Å². The number of benzene rings is 1. The molecule has 0 saturated carbocycles. The third kappa shape index (κ3) is 3.89. The summed E-state index contributed by atoms with van der Waals surface area (Å²) in [6, 6.07) is 5.06. The molecule has 0 unspecified atom stereocenters. The largest absolute Gasteiger partial charge is 0.497 e. The summed E-state index contributed by atoms with van der Waals surface area (Å²) < 4.78 is 10.5. The van der Waals surface area contributed by atoms with E-state index in [1.54, 1.807) is 32.3 Å². The minimum atomic E-state index is -0.130. The van der Waals surface area contributed by atoms with Crippen LogP contribution in [0.2, 0.25) is 0 Å². The summed E-state index contributed by atoms with van der Waals surface area (Å²) in [5.41, 5.74) is 6.19. The molecule has 0 aliphatic carbocycles. The Labute approximate surface area is 111 Å². The maximum absolute atomic E-state index is 11.4. The fourth-order valence-corrected chi connectivity index (χ4v) is 1.31. The van der Waals surface area contributed by atoms with E-state index in [9.17, 15) is 4.79 Å². The molecule has 0 saturated heterocycles. The van der Waals surface area contributed by atoms with Gasteiger partial charge in [-0.2, -0.15) is 0 Å². The second kappa shape index (κ2) is 6.20. The van der Waals surface area contributed by atoms with Crippen LogP contribution in [0.4, 0.5) is 0 Å². The minimum absolute atomic E-state index is 0.0447. The number of ether oxygens (including phenoxy) is 2. The van der Waals surface area contributed by atoms with Crippen molar-refractivity contribution in [1.82, 2.24) is 4.90 Å². The Hall–Kier alpha value is -1.82. The Kier molecular flexibility index (Phi) is 4.91. The number of rotatable bonds is 5. The minimum Gasteiger partial charge on any atom is -0.497 e. The molecule has 0 atom stereocenters. The van der Waals surface area contributed by atoms with Crippen LogP contribution in [0, 0.1) is 0 Å². The summed E-state index contributed by atoms with van der Waals surface area (Å²) in [7, 11) is 4.86. The zero-order valence-electron chi connectivity index (χ0n) is 10.6. The zero-order chi connectivity index (χ0) is 13.7. The smallest absolute Gasteiger partial charge is 0.259 e. The highest BCUT2D eigenvalue weighted by Gasteiger charge is 2.08. The quantitative estimate of drug-likeness (QED) is 0.800. The number of nitrogens with two attached hydrogens (primary N) is 1. The van der Waals surface area contributed by atoms with Crippen molar-refractivity contribution < 1.29 is 14.3 Å². The van der Waals surface area contributed by atoms with Gasteiger partial charge < -0.3 is 20.1 Å². The van der Waals surface area contributed by atoms with Crippen molar-refractivity contribution in [2.45, 2.75) is 0 Å². The third-order valence-electron chi connectivity index (χ3n) is 2.26. The standard InChI is InChI=1S/C12H16N2O3S/c1-14(2)11(15)7-17-10-5-8(12(13)18)4-9(6-10)16-3/h4-6H,7H2,1-3H3,(H2,13,18). The maximum Gasteiger partial charge on any atom is 0.259 e. The molecule has 98 valence electrons. The zero-order valence-corrected chi connectivity index (χ0v) is 11.4. The van der Waals surface area contributed by atoms with E-state index < -0.39 is 0 Å². The molecular formula is C12H16N2O3S. The SMILES string of the molecule is COc1cc(OCC(=O)N(C)C)cc(C(N)=S)c1. The normalized spacial score (nSPS) is 9.72. The Morgan fingerprint density at radius 3 is 2.44 bits per heavy atom. The molecule has 0 radical (unpaired) electrons. The number of methoxy groups -OCH3 is 1. The summed E-state index contributed by atoms with van der Waals surface area (Å²) in [5.74, 6) is 0.939. The van der Waals surface area contributed by atoms with Crippen molar-refractivity contribution in [1.29, 1.82) is 0 Å². The Morgan fingerprint density at radius 2 is 1.94 bits per heavy atom. The third-order valence-corrected chi connectivity index (χ3v) is 2.50. The van der Waals surface area contributed by atoms with Gasteiger partial charge in [-0.3, -0.25) is 4.79 Å². The van der Waals surface area contributed by atoms with Crippen molar-refractivity contribution in [3.8, 4) is 11.5 Å². The maximum atomic E-state index is 11.4. The van der Waals surface area contributed by atoms with Gasteiger partial charge in [0.15, 0.2) is 6.61 Å². The number of carbonyl (C=O) groups is 1. The Morgan fingerprint density at radius 1 is 1.33 bits per heavy atom. The topological polar surface area (TPSA) is 64.8 Å². The van der Waals surface area contributed by atoms with Gasteiger partial charge >= 0.3 is 0 Å². The van der Waals surface area contributed by atoms with Gasteiger partial charge in [-0.25, -0.2) is 0 Å². The molecule has 0 aliphatic rings. The van der Waals surface area contributed by atoms with Crippen LogP contribution in [0.15, 0.2) is 18.2 Å². The molecule has 0 fully saturated rings. The van der Waals surface area contributed by atoms with Gasteiger partial charge in [0.1, 0.15) is 16.5 Å². The predicted molar refractivity (Wildman–Crippen MR) is 73.1 cm³/mol. The lowest BCUT2D eigenvalue weighted by Gasteiger charge is -2.13. The van der Waals surface area contributed by atoms with E-state index >= 15 is 0 Å². The van der Waals surface area contributed by atoms with E-state index in [2.05, 4.69) is 0 Å². The molecule has 6 heteroatoms. The van der Waals surface area contributed by atoms with E-state index in [-0.39, 0.29) is 17.5 Å². The summed E-state index contributed by atoms with van der Waals surface area (Å²) in [4.78, 5) is 13.1.